The van der Waals surface area contributed by atoms with E-state index in [0.29, 0.717) is 0 Å². The number of benzene rings is 1. The van der Waals surface area contributed by atoms with E-state index in [-0.39, 0.29) is 17.1 Å². The van der Waals surface area contributed by atoms with Gasteiger partial charge in [0.2, 0.25) is 0 Å². The lowest BCUT2D eigenvalue weighted by Gasteiger charge is -2.17. The summed E-state index contributed by atoms with van der Waals surface area (Å²) in [6.07, 6.45) is 0. The van der Waals surface area contributed by atoms with E-state index in [1.54, 1.807) is 11.8 Å². The molecule has 2 atom stereocenters. The van der Waals surface area contributed by atoms with E-state index in [2.05, 4.69) is 19.1 Å². The van der Waals surface area contributed by atoms with Crippen molar-refractivity contribution in [2.24, 2.45) is 5.92 Å². The third-order valence-electron chi connectivity index (χ3n) is 2.63. The second kappa shape index (κ2) is 6.59. The van der Waals surface area contributed by atoms with Crippen molar-refractivity contribution in [3.8, 4) is 0 Å². The lowest BCUT2D eigenvalue weighted by atomic mass is 10.1. The molecule has 1 aromatic carbocycles. The minimum atomic E-state index is -0.131. The normalized spacial score (nSPS) is 14.2. The number of methoxy groups -OCH3 is 1. The molecule has 16 heavy (non-hydrogen) atoms. The monoisotopic (exact) mass is 238 g/mol. The molecule has 1 rings (SSSR count). The van der Waals surface area contributed by atoms with Gasteiger partial charge in [0.15, 0.2) is 0 Å². The Morgan fingerprint density at radius 3 is 2.50 bits per heavy atom. The lowest BCUT2D eigenvalue weighted by Crippen LogP contribution is -2.22. The highest BCUT2D eigenvalue weighted by Crippen LogP contribution is 2.23. The average molecular weight is 238 g/mol. The Bertz CT molecular complexity index is 324. The first-order valence-electron chi connectivity index (χ1n) is 5.38. The van der Waals surface area contributed by atoms with Crippen LogP contribution in [0.2, 0.25) is 0 Å². The van der Waals surface area contributed by atoms with Gasteiger partial charge >= 0.3 is 5.97 Å². The average Bonchev–Trinajstić information content (AvgIpc) is 2.35. The Morgan fingerprint density at radius 1 is 1.31 bits per heavy atom. The fourth-order valence-corrected chi connectivity index (χ4v) is 2.37. The van der Waals surface area contributed by atoms with E-state index < -0.39 is 0 Å². The molecule has 1 unspecified atom stereocenters. The maximum absolute atomic E-state index is 11.3. The fraction of sp³-hybridized carbons (Fsp3) is 0.462. The molecule has 0 aliphatic rings. The van der Waals surface area contributed by atoms with Crippen molar-refractivity contribution in [1.82, 2.24) is 0 Å². The molecule has 0 heterocycles. The summed E-state index contributed by atoms with van der Waals surface area (Å²) in [6.45, 7) is 3.98. The van der Waals surface area contributed by atoms with Gasteiger partial charge in [-0.3, -0.25) is 4.79 Å². The summed E-state index contributed by atoms with van der Waals surface area (Å²) in [5.41, 5.74) is 1.29. The van der Waals surface area contributed by atoms with Crippen LogP contribution in [-0.4, -0.2) is 18.3 Å². The zero-order chi connectivity index (χ0) is 12.0. The van der Waals surface area contributed by atoms with Gasteiger partial charge in [0, 0.05) is 11.0 Å². The Kier molecular flexibility index (Phi) is 5.39. The predicted octanol–water partition coefficient (Wildman–Crippen LogP) is 3.12. The fourth-order valence-electron chi connectivity index (χ4n) is 1.32. The second-order valence-corrected chi connectivity index (χ2v) is 5.18. The summed E-state index contributed by atoms with van der Waals surface area (Å²) in [4.78, 5) is 11.3. The SMILES string of the molecule is COC(=O)[C@H](C)C(C)SCc1ccccc1. The maximum Gasteiger partial charge on any atom is 0.309 e. The second-order valence-electron chi connectivity index (χ2n) is 3.81. The number of esters is 1. The zero-order valence-electron chi connectivity index (χ0n) is 9.97. The van der Waals surface area contributed by atoms with Gasteiger partial charge in [0.1, 0.15) is 0 Å². The van der Waals surface area contributed by atoms with Crippen LogP contribution in [0.5, 0.6) is 0 Å². The number of hydrogen-bond acceptors (Lipinski definition) is 3. The van der Waals surface area contributed by atoms with Gasteiger partial charge in [0.05, 0.1) is 13.0 Å². The summed E-state index contributed by atoms with van der Waals surface area (Å²) < 4.78 is 4.73. The standard InChI is InChI=1S/C13H18O2S/c1-10(13(14)15-3)11(2)16-9-12-7-5-4-6-8-12/h4-8,10-11H,9H2,1-3H3/t10-,11?/m1/s1. The van der Waals surface area contributed by atoms with E-state index in [9.17, 15) is 4.79 Å². The summed E-state index contributed by atoms with van der Waals surface area (Å²) >= 11 is 1.78. The van der Waals surface area contributed by atoms with Crippen LogP contribution in [0.1, 0.15) is 19.4 Å². The molecule has 0 amide bonds. The molecule has 0 fully saturated rings. The van der Waals surface area contributed by atoms with Gasteiger partial charge in [-0.25, -0.2) is 0 Å². The molecule has 0 spiro atoms. The van der Waals surface area contributed by atoms with Crippen molar-refractivity contribution in [3.05, 3.63) is 35.9 Å². The summed E-state index contributed by atoms with van der Waals surface area (Å²) in [6, 6.07) is 10.3. The molecule has 3 heteroatoms. The van der Waals surface area contributed by atoms with Gasteiger partial charge in [-0.15, -0.1) is 0 Å². The number of thioether (sulfide) groups is 1. The van der Waals surface area contributed by atoms with Crippen LogP contribution in [0.25, 0.3) is 0 Å². The summed E-state index contributed by atoms with van der Waals surface area (Å²) in [7, 11) is 1.44. The van der Waals surface area contributed by atoms with Crippen LogP contribution < -0.4 is 0 Å². The Labute approximate surface area is 101 Å². The molecule has 0 saturated heterocycles. The summed E-state index contributed by atoms with van der Waals surface area (Å²) in [5, 5.41) is 0.271. The number of ether oxygens (including phenoxy) is 1. The van der Waals surface area contributed by atoms with Crippen LogP contribution in [-0.2, 0) is 15.3 Å². The Morgan fingerprint density at radius 2 is 1.94 bits per heavy atom. The number of hydrogen-bond donors (Lipinski definition) is 0. The van der Waals surface area contributed by atoms with E-state index in [1.807, 2.05) is 25.1 Å². The van der Waals surface area contributed by atoms with Crippen molar-refractivity contribution in [3.63, 3.8) is 0 Å². The predicted molar refractivity (Wildman–Crippen MR) is 68.4 cm³/mol. The van der Waals surface area contributed by atoms with E-state index in [1.165, 1.54) is 12.7 Å². The van der Waals surface area contributed by atoms with E-state index >= 15 is 0 Å². The van der Waals surface area contributed by atoms with Gasteiger partial charge in [0.25, 0.3) is 0 Å². The zero-order valence-corrected chi connectivity index (χ0v) is 10.8. The molecule has 0 radical (unpaired) electrons. The minimum absolute atomic E-state index is 0.0567. The number of rotatable bonds is 5. The molecule has 1 aromatic rings. The van der Waals surface area contributed by atoms with Gasteiger partial charge in [-0.1, -0.05) is 44.2 Å². The Hall–Kier alpha value is -0.960. The molecule has 88 valence electrons. The molecular formula is C13H18O2S. The molecule has 0 aromatic heterocycles. The lowest BCUT2D eigenvalue weighted by molar-refractivity contribution is -0.144. The van der Waals surface area contributed by atoms with Crippen LogP contribution >= 0.6 is 11.8 Å². The summed E-state index contributed by atoms with van der Waals surface area (Å²) in [5.74, 6) is 0.746. The minimum Gasteiger partial charge on any atom is -0.469 e. The van der Waals surface area contributed by atoms with E-state index in [0.717, 1.165) is 5.75 Å². The van der Waals surface area contributed by atoms with Crippen molar-refractivity contribution in [2.45, 2.75) is 24.9 Å². The molecule has 0 aliphatic heterocycles. The molecular weight excluding hydrogens is 220 g/mol. The van der Waals surface area contributed by atoms with Crippen LogP contribution in [0.15, 0.2) is 30.3 Å². The first kappa shape index (κ1) is 13.1. The smallest absolute Gasteiger partial charge is 0.309 e. The third-order valence-corrected chi connectivity index (χ3v) is 4.07. The highest BCUT2D eigenvalue weighted by Gasteiger charge is 2.20. The van der Waals surface area contributed by atoms with Gasteiger partial charge in [-0.2, -0.15) is 11.8 Å². The van der Waals surface area contributed by atoms with Crippen LogP contribution in [0.3, 0.4) is 0 Å². The maximum atomic E-state index is 11.3. The van der Waals surface area contributed by atoms with Crippen LogP contribution in [0, 0.1) is 5.92 Å². The Balaban J connectivity index is 2.41. The highest BCUT2D eigenvalue weighted by molar-refractivity contribution is 7.99. The molecule has 0 saturated carbocycles. The number of carbonyl (C=O) groups excluding carboxylic acids is 1. The highest BCUT2D eigenvalue weighted by atomic mass is 32.2. The first-order valence-corrected chi connectivity index (χ1v) is 6.43. The van der Waals surface area contributed by atoms with Gasteiger partial charge < -0.3 is 4.74 Å². The number of carbonyl (C=O) groups is 1. The van der Waals surface area contributed by atoms with Crippen molar-refractivity contribution in [2.75, 3.05) is 7.11 Å². The van der Waals surface area contributed by atoms with Crippen LogP contribution in [0.4, 0.5) is 0 Å². The van der Waals surface area contributed by atoms with Crippen molar-refractivity contribution < 1.29 is 9.53 Å². The topological polar surface area (TPSA) is 26.3 Å². The molecule has 0 N–H and O–H groups in total. The molecule has 0 aliphatic carbocycles. The largest absolute Gasteiger partial charge is 0.469 e. The van der Waals surface area contributed by atoms with Crippen molar-refractivity contribution >= 4 is 17.7 Å². The quantitative estimate of drug-likeness (QED) is 0.737. The molecule has 2 nitrogen and oxygen atoms in total. The first-order chi connectivity index (χ1) is 7.65. The molecule has 0 bridgehead atoms. The van der Waals surface area contributed by atoms with E-state index in [4.69, 9.17) is 4.74 Å². The van der Waals surface area contributed by atoms with Crippen molar-refractivity contribution in [1.29, 1.82) is 0 Å². The third kappa shape index (κ3) is 3.89. The van der Waals surface area contributed by atoms with Gasteiger partial charge in [-0.05, 0) is 5.56 Å².